The number of hydrogen-bond donors (Lipinski definition) is 2. The molecule has 0 spiro atoms. The smallest absolute Gasteiger partial charge is 0.251 e. The highest BCUT2D eigenvalue weighted by atomic mass is 16.5. The third-order valence-electron chi connectivity index (χ3n) is 4.26. The SMILES string of the molecule is Nc1nc(-c2cccc(C(=O)NC[C@@H]3CCCO3)c2)cc2nncn12. The van der Waals surface area contributed by atoms with Crippen molar-refractivity contribution in [1.29, 1.82) is 0 Å². The van der Waals surface area contributed by atoms with Crippen LogP contribution in [-0.4, -0.2) is 44.7 Å². The van der Waals surface area contributed by atoms with Crippen LogP contribution in [0.5, 0.6) is 0 Å². The Balaban J connectivity index is 1.56. The van der Waals surface area contributed by atoms with Gasteiger partial charge in [0.25, 0.3) is 5.91 Å². The lowest BCUT2D eigenvalue weighted by atomic mass is 10.1. The Morgan fingerprint density at radius 1 is 1.40 bits per heavy atom. The molecular formula is C17H18N6O2. The highest BCUT2D eigenvalue weighted by Gasteiger charge is 2.17. The quantitative estimate of drug-likeness (QED) is 0.742. The highest BCUT2D eigenvalue weighted by Crippen LogP contribution is 2.21. The van der Waals surface area contributed by atoms with Crippen molar-refractivity contribution in [3.05, 3.63) is 42.2 Å². The van der Waals surface area contributed by atoms with E-state index in [0.717, 1.165) is 25.0 Å². The summed E-state index contributed by atoms with van der Waals surface area (Å²) in [6.07, 6.45) is 3.66. The molecule has 0 radical (unpaired) electrons. The molecule has 0 unspecified atom stereocenters. The van der Waals surface area contributed by atoms with Crippen LogP contribution in [0.1, 0.15) is 23.2 Å². The number of aromatic nitrogens is 4. The van der Waals surface area contributed by atoms with E-state index in [-0.39, 0.29) is 12.0 Å². The zero-order valence-electron chi connectivity index (χ0n) is 13.6. The molecule has 1 amide bonds. The Morgan fingerprint density at radius 3 is 3.16 bits per heavy atom. The average Bonchev–Trinajstić information content (AvgIpc) is 3.31. The molecule has 128 valence electrons. The molecule has 2 aromatic heterocycles. The summed E-state index contributed by atoms with van der Waals surface area (Å²) in [4.78, 5) is 16.7. The van der Waals surface area contributed by atoms with Gasteiger partial charge in [-0.1, -0.05) is 12.1 Å². The minimum atomic E-state index is -0.131. The van der Waals surface area contributed by atoms with Crippen LogP contribution in [0.3, 0.4) is 0 Å². The first-order valence-corrected chi connectivity index (χ1v) is 8.17. The number of nitrogen functional groups attached to an aromatic ring is 1. The lowest BCUT2D eigenvalue weighted by molar-refractivity contribution is 0.0858. The van der Waals surface area contributed by atoms with Crippen LogP contribution in [0.2, 0.25) is 0 Å². The first-order chi connectivity index (χ1) is 12.2. The number of amides is 1. The minimum Gasteiger partial charge on any atom is -0.376 e. The number of hydrogen-bond acceptors (Lipinski definition) is 6. The Morgan fingerprint density at radius 2 is 2.32 bits per heavy atom. The van der Waals surface area contributed by atoms with E-state index < -0.39 is 0 Å². The summed E-state index contributed by atoms with van der Waals surface area (Å²) in [5, 5.41) is 10.7. The van der Waals surface area contributed by atoms with Gasteiger partial charge in [-0.15, -0.1) is 10.2 Å². The van der Waals surface area contributed by atoms with Gasteiger partial charge in [0.1, 0.15) is 6.33 Å². The number of fused-ring (bicyclic) bond motifs is 1. The molecule has 1 aromatic carbocycles. The van der Waals surface area contributed by atoms with Crippen LogP contribution in [0.25, 0.3) is 16.9 Å². The van der Waals surface area contributed by atoms with Crippen LogP contribution in [-0.2, 0) is 4.74 Å². The van der Waals surface area contributed by atoms with Crippen molar-refractivity contribution in [2.24, 2.45) is 0 Å². The third-order valence-corrected chi connectivity index (χ3v) is 4.26. The summed E-state index contributed by atoms with van der Waals surface area (Å²) in [7, 11) is 0. The summed E-state index contributed by atoms with van der Waals surface area (Å²) in [6.45, 7) is 1.30. The topological polar surface area (TPSA) is 107 Å². The molecule has 3 heterocycles. The van der Waals surface area contributed by atoms with Crippen LogP contribution in [0.4, 0.5) is 5.95 Å². The monoisotopic (exact) mass is 338 g/mol. The molecule has 0 aliphatic carbocycles. The second kappa shape index (κ2) is 6.48. The Labute approximate surface area is 144 Å². The largest absolute Gasteiger partial charge is 0.376 e. The maximum Gasteiger partial charge on any atom is 0.251 e. The summed E-state index contributed by atoms with van der Waals surface area (Å²) in [6, 6.07) is 9.05. The van der Waals surface area contributed by atoms with Crippen LogP contribution >= 0.6 is 0 Å². The number of benzene rings is 1. The second-order valence-electron chi connectivity index (χ2n) is 5.98. The van der Waals surface area contributed by atoms with Crippen molar-refractivity contribution in [2.75, 3.05) is 18.9 Å². The normalized spacial score (nSPS) is 17.0. The number of carbonyl (C=O) groups is 1. The number of nitrogens with one attached hydrogen (secondary N) is 1. The summed E-state index contributed by atoms with van der Waals surface area (Å²) in [5.74, 6) is 0.166. The van der Waals surface area contributed by atoms with Crippen LogP contribution in [0.15, 0.2) is 36.7 Å². The molecule has 3 N–H and O–H groups in total. The van der Waals surface area contributed by atoms with E-state index >= 15 is 0 Å². The predicted octanol–water partition coefficient (Wildman–Crippen LogP) is 1.28. The third kappa shape index (κ3) is 3.16. The molecule has 3 aromatic rings. The van der Waals surface area contributed by atoms with Crippen molar-refractivity contribution in [3.8, 4) is 11.3 Å². The van der Waals surface area contributed by atoms with Gasteiger partial charge in [-0.2, -0.15) is 0 Å². The molecule has 8 nitrogen and oxygen atoms in total. The number of rotatable bonds is 4. The van der Waals surface area contributed by atoms with Crippen molar-refractivity contribution in [2.45, 2.75) is 18.9 Å². The molecular weight excluding hydrogens is 320 g/mol. The molecule has 0 bridgehead atoms. The van der Waals surface area contributed by atoms with Gasteiger partial charge in [0.15, 0.2) is 5.65 Å². The van der Waals surface area contributed by atoms with E-state index in [1.807, 2.05) is 12.1 Å². The van der Waals surface area contributed by atoms with E-state index in [0.29, 0.717) is 29.4 Å². The fraction of sp³-hybridized carbons (Fsp3) is 0.294. The fourth-order valence-corrected chi connectivity index (χ4v) is 2.93. The van der Waals surface area contributed by atoms with Crippen LogP contribution < -0.4 is 11.1 Å². The molecule has 1 fully saturated rings. The molecule has 4 rings (SSSR count). The number of nitrogens with zero attached hydrogens (tertiary/aromatic N) is 4. The zero-order chi connectivity index (χ0) is 17.2. The second-order valence-corrected chi connectivity index (χ2v) is 5.98. The fourth-order valence-electron chi connectivity index (χ4n) is 2.93. The Bertz CT molecular complexity index is 916. The molecule has 25 heavy (non-hydrogen) atoms. The Kier molecular flexibility index (Phi) is 4.02. The standard InChI is InChI=1S/C17H18N6O2/c18-17-21-14(8-15-22-20-10-23(15)17)11-3-1-4-12(7-11)16(24)19-9-13-5-2-6-25-13/h1,3-4,7-8,10,13H,2,5-6,9H2,(H2,18,21)(H,19,24)/t13-/m0/s1. The van der Waals surface area contributed by atoms with E-state index in [9.17, 15) is 4.79 Å². The summed E-state index contributed by atoms with van der Waals surface area (Å²) >= 11 is 0. The first kappa shape index (κ1) is 15.5. The van der Waals surface area contributed by atoms with E-state index in [2.05, 4.69) is 20.5 Å². The molecule has 1 aliphatic rings. The van der Waals surface area contributed by atoms with Gasteiger partial charge in [0, 0.05) is 30.3 Å². The lowest BCUT2D eigenvalue weighted by Gasteiger charge is -2.11. The molecule has 1 saturated heterocycles. The number of carbonyl (C=O) groups excluding carboxylic acids is 1. The average molecular weight is 338 g/mol. The van der Waals surface area contributed by atoms with E-state index in [4.69, 9.17) is 10.5 Å². The number of nitrogens with two attached hydrogens (primary N) is 1. The highest BCUT2D eigenvalue weighted by molar-refractivity contribution is 5.95. The maximum absolute atomic E-state index is 12.4. The molecule has 1 aliphatic heterocycles. The lowest BCUT2D eigenvalue weighted by Crippen LogP contribution is -2.31. The predicted molar refractivity (Wildman–Crippen MR) is 91.9 cm³/mol. The molecule has 8 heteroatoms. The maximum atomic E-state index is 12.4. The van der Waals surface area contributed by atoms with E-state index in [1.165, 1.54) is 6.33 Å². The van der Waals surface area contributed by atoms with Gasteiger partial charge in [0.05, 0.1) is 11.8 Å². The van der Waals surface area contributed by atoms with Gasteiger partial charge < -0.3 is 15.8 Å². The summed E-state index contributed by atoms with van der Waals surface area (Å²) in [5.41, 5.74) is 8.55. The van der Waals surface area contributed by atoms with Gasteiger partial charge in [-0.25, -0.2) is 4.98 Å². The van der Waals surface area contributed by atoms with Gasteiger partial charge in [-0.3, -0.25) is 9.20 Å². The van der Waals surface area contributed by atoms with Crippen molar-refractivity contribution in [1.82, 2.24) is 24.9 Å². The first-order valence-electron chi connectivity index (χ1n) is 8.17. The molecule has 0 saturated carbocycles. The van der Waals surface area contributed by atoms with Gasteiger partial charge in [0.2, 0.25) is 5.95 Å². The number of ether oxygens (including phenoxy) is 1. The van der Waals surface area contributed by atoms with E-state index in [1.54, 1.807) is 22.6 Å². The Hall–Kier alpha value is -3.00. The summed E-state index contributed by atoms with van der Waals surface area (Å²) < 4.78 is 7.12. The van der Waals surface area contributed by atoms with Gasteiger partial charge >= 0.3 is 0 Å². The minimum absolute atomic E-state index is 0.115. The van der Waals surface area contributed by atoms with Crippen molar-refractivity contribution < 1.29 is 9.53 Å². The number of anilines is 1. The van der Waals surface area contributed by atoms with Crippen molar-refractivity contribution >= 4 is 17.5 Å². The van der Waals surface area contributed by atoms with Gasteiger partial charge in [-0.05, 0) is 25.0 Å². The molecule has 1 atom stereocenters. The van der Waals surface area contributed by atoms with Crippen molar-refractivity contribution in [3.63, 3.8) is 0 Å². The van der Waals surface area contributed by atoms with Crippen LogP contribution in [0, 0.1) is 0 Å². The zero-order valence-corrected chi connectivity index (χ0v) is 13.6.